The van der Waals surface area contributed by atoms with Gasteiger partial charge >= 0.3 is 0 Å². The van der Waals surface area contributed by atoms with Crippen LogP contribution in [0, 0.1) is 5.82 Å². The number of anilines is 1. The van der Waals surface area contributed by atoms with Gasteiger partial charge in [-0.15, -0.1) is 0 Å². The fourth-order valence-corrected chi connectivity index (χ4v) is 3.06. The quantitative estimate of drug-likeness (QED) is 0.900. The molecule has 1 heterocycles. The average molecular weight is 293 g/mol. The van der Waals surface area contributed by atoms with Crippen LogP contribution in [0.25, 0.3) is 0 Å². The summed E-state index contributed by atoms with van der Waals surface area (Å²) in [6, 6.07) is 5.96. The molecule has 1 atom stereocenters. The van der Waals surface area contributed by atoms with E-state index in [4.69, 9.17) is 0 Å². The molecule has 0 aliphatic carbocycles. The Morgan fingerprint density at radius 2 is 1.81 bits per heavy atom. The van der Waals surface area contributed by atoms with Crippen LogP contribution in [0.5, 0.6) is 0 Å². The number of halogens is 1. The predicted octanol–water partition coefficient (Wildman–Crippen LogP) is 3.03. The molecular formula is C17H28FN3. The minimum Gasteiger partial charge on any atom is -0.369 e. The van der Waals surface area contributed by atoms with E-state index in [0.29, 0.717) is 6.04 Å². The Hall–Kier alpha value is -1.13. The standard InChI is InChI=1S/C17H28FN3/c1-5-19-14(4)16-12-15(18)6-7-17(16)21-10-8-20(9-11-21)13(2)3/h6-7,12-14,19H,5,8-11H2,1-4H3. The summed E-state index contributed by atoms with van der Waals surface area (Å²) in [5.74, 6) is -0.153. The summed E-state index contributed by atoms with van der Waals surface area (Å²) in [5, 5.41) is 3.39. The molecule has 21 heavy (non-hydrogen) atoms. The largest absolute Gasteiger partial charge is 0.369 e. The molecule has 1 N–H and O–H groups in total. The van der Waals surface area contributed by atoms with E-state index in [0.717, 1.165) is 38.3 Å². The van der Waals surface area contributed by atoms with Crippen molar-refractivity contribution in [1.29, 1.82) is 0 Å². The summed E-state index contributed by atoms with van der Waals surface area (Å²) in [7, 11) is 0. The van der Waals surface area contributed by atoms with Gasteiger partial charge in [-0.2, -0.15) is 0 Å². The lowest BCUT2D eigenvalue weighted by Crippen LogP contribution is -2.49. The molecule has 118 valence electrons. The van der Waals surface area contributed by atoms with Gasteiger partial charge in [0.25, 0.3) is 0 Å². The van der Waals surface area contributed by atoms with Crippen molar-refractivity contribution >= 4 is 5.69 Å². The third-order valence-corrected chi connectivity index (χ3v) is 4.35. The zero-order valence-corrected chi connectivity index (χ0v) is 13.7. The van der Waals surface area contributed by atoms with Crippen molar-refractivity contribution in [3.8, 4) is 0 Å². The molecule has 4 heteroatoms. The Kier molecular flexibility index (Phi) is 5.59. The van der Waals surface area contributed by atoms with Crippen molar-refractivity contribution in [3.63, 3.8) is 0 Å². The molecule has 0 radical (unpaired) electrons. The molecule has 0 bridgehead atoms. The van der Waals surface area contributed by atoms with Crippen molar-refractivity contribution in [2.24, 2.45) is 0 Å². The van der Waals surface area contributed by atoms with Crippen molar-refractivity contribution in [3.05, 3.63) is 29.6 Å². The molecule has 3 nitrogen and oxygen atoms in total. The van der Waals surface area contributed by atoms with Crippen LogP contribution in [-0.2, 0) is 0 Å². The second kappa shape index (κ2) is 7.23. The number of hydrogen-bond acceptors (Lipinski definition) is 3. The number of benzene rings is 1. The summed E-state index contributed by atoms with van der Waals surface area (Å²) in [6.45, 7) is 13.7. The van der Waals surface area contributed by atoms with E-state index in [-0.39, 0.29) is 11.9 Å². The first-order valence-corrected chi connectivity index (χ1v) is 8.04. The normalized spacial score (nSPS) is 18.3. The van der Waals surface area contributed by atoms with Crippen LogP contribution in [0.15, 0.2) is 18.2 Å². The van der Waals surface area contributed by atoms with Gasteiger partial charge in [0, 0.05) is 44.0 Å². The Balaban J connectivity index is 2.16. The number of nitrogens with zero attached hydrogens (tertiary/aromatic N) is 2. The number of rotatable bonds is 5. The summed E-state index contributed by atoms with van der Waals surface area (Å²) in [5.41, 5.74) is 2.24. The first kappa shape index (κ1) is 16.2. The summed E-state index contributed by atoms with van der Waals surface area (Å²) >= 11 is 0. The van der Waals surface area contributed by atoms with Gasteiger partial charge in [0.2, 0.25) is 0 Å². The molecule has 0 aromatic heterocycles. The van der Waals surface area contributed by atoms with Gasteiger partial charge in [-0.3, -0.25) is 4.90 Å². The maximum absolute atomic E-state index is 13.6. The van der Waals surface area contributed by atoms with Gasteiger partial charge in [0.1, 0.15) is 5.82 Å². The number of piperazine rings is 1. The molecule has 1 fully saturated rings. The van der Waals surface area contributed by atoms with Crippen LogP contribution in [0.2, 0.25) is 0 Å². The molecule has 1 aromatic carbocycles. The van der Waals surface area contributed by atoms with Crippen LogP contribution in [0.1, 0.15) is 39.3 Å². The molecule has 1 saturated heterocycles. The SMILES string of the molecule is CCNC(C)c1cc(F)ccc1N1CCN(C(C)C)CC1. The van der Waals surface area contributed by atoms with Crippen molar-refractivity contribution < 1.29 is 4.39 Å². The lowest BCUT2D eigenvalue weighted by atomic mass is 10.0. The average Bonchev–Trinajstić information content (AvgIpc) is 2.47. The van der Waals surface area contributed by atoms with E-state index in [9.17, 15) is 4.39 Å². The first-order chi connectivity index (χ1) is 10.0. The van der Waals surface area contributed by atoms with Gasteiger partial charge in [0.05, 0.1) is 0 Å². The lowest BCUT2D eigenvalue weighted by molar-refractivity contribution is 0.209. The molecule has 1 unspecified atom stereocenters. The van der Waals surface area contributed by atoms with Gasteiger partial charge in [-0.05, 0) is 51.1 Å². The Morgan fingerprint density at radius 3 is 2.38 bits per heavy atom. The molecule has 2 rings (SSSR count). The smallest absolute Gasteiger partial charge is 0.123 e. The van der Waals surface area contributed by atoms with E-state index in [1.165, 1.54) is 5.69 Å². The Labute approximate surface area is 128 Å². The molecule has 0 spiro atoms. The molecule has 1 aliphatic heterocycles. The fraction of sp³-hybridized carbons (Fsp3) is 0.647. The highest BCUT2D eigenvalue weighted by atomic mass is 19.1. The highest BCUT2D eigenvalue weighted by molar-refractivity contribution is 5.55. The van der Waals surface area contributed by atoms with Gasteiger partial charge in [0.15, 0.2) is 0 Å². The number of hydrogen-bond donors (Lipinski definition) is 1. The van der Waals surface area contributed by atoms with Crippen LogP contribution >= 0.6 is 0 Å². The molecule has 0 amide bonds. The first-order valence-electron chi connectivity index (χ1n) is 8.04. The summed E-state index contributed by atoms with van der Waals surface area (Å²) in [6.07, 6.45) is 0. The lowest BCUT2D eigenvalue weighted by Gasteiger charge is -2.39. The number of nitrogens with one attached hydrogen (secondary N) is 1. The van der Waals surface area contributed by atoms with Gasteiger partial charge in [-0.1, -0.05) is 6.92 Å². The van der Waals surface area contributed by atoms with E-state index in [1.54, 1.807) is 12.1 Å². The third kappa shape index (κ3) is 3.95. The van der Waals surface area contributed by atoms with E-state index in [2.05, 4.69) is 42.8 Å². The van der Waals surface area contributed by atoms with Crippen molar-refractivity contribution in [1.82, 2.24) is 10.2 Å². The monoisotopic (exact) mass is 293 g/mol. The highest BCUT2D eigenvalue weighted by Crippen LogP contribution is 2.28. The van der Waals surface area contributed by atoms with Crippen molar-refractivity contribution in [2.45, 2.75) is 39.8 Å². The summed E-state index contributed by atoms with van der Waals surface area (Å²) in [4.78, 5) is 4.88. The van der Waals surface area contributed by atoms with Gasteiger partial charge < -0.3 is 10.2 Å². The van der Waals surface area contributed by atoms with E-state index in [1.807, 2.05) is 6.07 Å². The topological polar surface area (TPSA) is 18.5 Å². The molecular weight excluding hydrogens is 265 g/mol. The fourth-order valence-electron chi connectivity index (χ4n) is 3.06. The maximum Gasteiger partial charge on any atom is 0.123 e. The minimum absolute atomic E-state index is 0.153. The Morgan fingerprint density at radius 1 is 1.14 bits per heavy atom. The molecule has 1 aliphatic rings. The second-order valence-corrected chi connectivity index (χ2v) is 6.10. The van der Waals surface area contributed by atoms with Crippen LogP contribution in [0.4, 0.5) is 10.1 Å². The van der Waals surface area contributed by atoms with Gasteiger partial charge in [-0.25, -0.2) is 4.39 Å². The minimum atomic E-state index is -0.153. The van der Waals surface area contributed by atoms with Crippen LogP contribution in [0.3, 0.4) is 0 Å². The maximum atomic E-state index is 13.6. The summed E-state index contributed by atoms with van der Waals surface area (Å²) < 4.78 is 13.6. The predicted molar refractivity (Wildman–Crippen MR) is 87.4 cm³/mol. The third-order valence-electron chi connectivity index (χ3n) is 4.35. The second-order valence-electron chi connectivity index (χ2n) is 6.10. The molecule has 0 saturated carbocycles. The zero-order valence-electron chi connectivity index (χ0n) is 13.7. The van der Waals surface area contributed by atoms with E-state index >= 15 is 0 Å². The Bertz CT molecular complexity index is 453. The van der Waals surface area contributed by atoms with Crippen molar-refractivity contribution in [2.75, 3.05) is 37.6 Å². The van der Waals surface area contributed by atoms with Crippen LogP contribution in [-0.4, -0.2) is 43.7 Å². The van der Waals surface area contributed by atoms with E-state index < -0.39 is 0 Å². The highest BCUT2D eigenvalue weighted by Gasteiger charge is 2.22. The van der Waals surface area contributed by atoms with Crippen LogP contribution < -0.4 is 10.2 Å². The molecule has 1 aromatic rings. The zero-order chi connectivity index (χ0) is 15.4.